The van der Waals surface area contributed by atoms with Gasteiger partial charge in [0.25, 0.3) is 0 Å². The van der Waals surface area contributed by atoms with Gasteiger partial charge in [-0.05, 0) is 57.8 Å². The van der Waals surface area contributed by atoms with Crippen LogP contribution in [0.2, 0.25) is 0 Å². The number of allylic oxidation sites excluding steroid dienone is 10. The summed E-state index contributed by atoms with van der Waals surface area (Å²) in [7, 11) is -5.03. The van der Waals surface area contributed by atoms with Gasteiger partial charge in [0.2, 0.25) is 0 Å². The summed E-state index contributed by atoms with van der Waals surface area (Å²) < 4.78 is 34.2. The van der Waals surface area contributed by atoms with Crippen LogP contribution < -0.4 is 0 Å². The highest BCUT2D eigenvalue weighted by atomic mass is 31.2. The molecule has 0 saturated heterocycles. The van der Waals surface area contributed by atoms with Crippen LogP contribution in [-0.4, -0.2) is 98.9 Å². The van der Waals surface area contributed by atoms with Gasteiger partial charge in [-0.3, -0.25) is 13.8 Å². The number of aliphatic hydroxyl groups excluding tert-OH is 5. The van der Waals surface area contributed by atoms with Gasteiger partial charge in [0.1, 0.15) is 42.7 Å². The van der Waals surface area contributed by atoms with Gasteiger partial charge >= 0.3 is 13.8 Å². The number of hydrogen-bond acceptors (Lipinski definition) is 11. The number of phosphoric acid groups is 1. The number of rotatable bonds is 39. The van der Waals surface area contributed by atoms with Crippen LogP contribution >= 0.6 is 7.82 Å². The van der Waals surface area contributed by atoms with Crippen molar-refractivity contribution in [3.05, 3.63) is 60.8 Å². The molecule has 6 N–H and O–H groups in total. The molecule has 12 nitrogen and oxygen atoms in total. The minimum atomic E-state index is -5.03. The average Bonchev–Trinajstić information content (AvgIpc) is 3.24. The number of carbonyl (C=O) groups is 1. The first-order valence-electron chi connectivity index (χ1n) is 23.6. The van der Waals surface area contributed by atoms with Gasteiger partial charge in [0, 0.05) is 13.0 Å². The highest BCUT2D eigenvalue weighted by Crippen LogP contribution is 2.47. The highest BCUT2D eigenvalue weighted by Gasteiger charge is 2.51. The van der Waals surface area contributed by atoms with E-state index in [2.05, 4.69) is 74.6 Å². The lowest BCUT2D eigenvalue weighted by atomic mass is 9.85. The lowest BCUT2D eigenvalue weighted by molar-refractivity contribution is -0.220. The van der Waals surface area contributed by atoms with Crippen molar-refractivity contribution in [3.63, 3.8) is 0 Å². The largest absolute Gasteiger partial charge is 0.472 e. The molecule has 0 radical (unpaired) electrons. The fourth-order valence-corrected chi connectivity index (χ4v) is 7.88. The summed E-state index contributed by atoms with van der Waals surface area (Å²) >= 11 is 0. The monoisotopic (exact) mass is 885 g/mol. The van der Waals surface area contributed by atoms with E-state index in [9.17, 15) is 39.8 Å². The first kappa shape index (κ1) is 57.1. The highest BCUT2D eigenvalue weighted by molar-refractivity contribution is 7.47. The van der Waals surface area contributed by atoms with E-state index >= 15 is 0 Å². The Morgan fingerprint density at radius 2 is 0.967 bits per heavy atom. The maximum Gasteiger partial charge on any atom is 0.472 e. The van der Waals surface area contributed by atoms with E-state index in [0.29, 0.717) is 13.0 Å². The van der Waals surface area contributed by atoms with Gasteiger partial charge in [-0.25, -0.2) is 4.57 Å². The molecule has 0 heterocycles. The zero-order chi connectivity index (χ0) is 44.8. The Kier molecular flexibility index (Phi) is 36.0. The molecule has 0 bridgehead atoms. The van der Waals surface area contributed by atoms with Crippen LogP contribution in [0.3, 0.4) is 0 Å². The molecule has 0 aromatic carbocycles. The molecule has 1 aliphatic carbocycles. The van der Waals surface area contributed by atoms with E-state index in [-0.39, 0.29) is 13.0 Å². The van der Waals surface area contributed by atoms with E-state index < -0.39 is 63.1 Å². The maximum absolute atomic E-state index is 12.8. The molecular formula is C48H85O12P. The fraction of sp³-hybridized carbons (Fsp3) is 0.771. The number of aliphatic hydroxyl groups is 5. The third kappa shape index (κ3) is 30.7. The third-order valence-electron chi connectivity index (χ3n) is 10.7. The number of esters is 1. The average molecular weight is 885 g/mol. The molecule has 13 heteroatoms. The molecule has 354 valence electrons. The molecule has 1 saturated carbocycles. The second kappa shape index (κ2) is 38.5. The van der Waals surface area contributed by atoms with Crippen LogP contribution in [0.1, 0.15) is 174 Å². The van der Waals surface area contributed by atoms with E-state index in [0.717, 1.165) is 83.5 Å². The lowest BCUT2D eigenvalue weighted by Crippen LogP contribution is -2.64. The molecule has 0 amide bonds. The minimum absolute atomic E-state index is 0.0944. The quantitative estimate of drug-likeness (QED) is 0.0148. The Morgan fingerprint density at radius 3 is 1.48 bits per heavy atom. The third-order valence-corrected chi connectivity index (χ3v) is 11.6. The summed E-state index contributed by atoms with van der Waals surface area (Å²) in [5.74, 6) is -0.488. The first-order chi connectivity index (χ1) is 29.5. The SMILES string of the molecule is CC/C=C\C/C=C\C/C=C\C/C=C\C/C=C\CCCCCCOCC(COP(=O)(O)OC1C(O)C(O)C(O)C(O)C1O)OC(=O)CCCCCCCCCCCCCCCC. The van der Waals surface area contributed by atoms with Crippen molar-refractivity contribution in [2.75, 3.05) is 19.8 Å². The minimum Gasteiger partial charge on any atom is -0.457 e. The van der Waals surface area contributed by atoms with E-state index in [1.165, 1.54) is 64.2 Å². The molecule has 1 aliphatic rings. The van der Waals surface area contributed by atoms with Crippen molar-refractivity contribution in [3.8, 4) is 0 Å². The summed E-state index contributed by atoms with van der Waals surface area (Å²) in [5, 5.41) is 50.2. The second-order valence-corrected chi connectivity index (χ2v) is 17.6. The molecular weight excluding hydrogens is 799 g/mol. The van der Waals surface area contributed by atoms with E-state index in [1.54, 1.807) is 0 Å². The molecule has 1 rings (SSSR count). The van der Waals surface area contributed by atoms with Crippen LogP contribution in [0.5, 0.6) is 0 Å². The number of unbranched alkanes of at least 4 members (excludes halogenated alkanes) is 17. The molecule has 1 fully saturated rings. The molecule has 6 atom stereocenters. The van der Waals surface area contributed by atoms with Crippen LogP contribution in [0.4, 0.5) is 0 Å². The van der Waals surface area contributed by atoms with E-state index in [4.69, 9.17) is 18.5 Å². The van der Waals surface area contributed by atoms with Gasteiger partial charge in [-0.1, -0.05) is 171 Å². The Morgan fingerprint density at radius 1 is 0.541 bits per heavy atom. The maximum atomic E-state index is 12.8. The van der Waals surface area contributed by atoms with Gasteiger partial charge in [-0.15, -0.1) is 0 Å². The fourth-order valence-electron chi connectivity index (χ4n) is 6.91. The normalized spacial score (nSPS) is 22.7. The summed E-state index contributed by atoms with van der Waals surface area (Å²) in [6.07, 6.45) is 35.7. The molecule has 0 spiro atoms. The molecule has 0 aromatic rings. The molecule has 0 aliphatic heterocycles. The number of ether oxygens (including phenoxy) is 2. The van der Waals surface area contributed by atoms with Gasteiger partial charge < -0.3 is 39.9 Å². The van der Waals surface area contributed by atoms with Crippen molar-refractivity contribution < 1.29 is 58.3 Å². The number of carbonyl (C=O) groups excluding carboxylic acids is 1. The molecule has 0 aromatic heterocycles. The topological polar surface area (TPSA) is 192 Å². The molecule has 61 heavy (non-hydrogen) atoms. The zero-order valence-corrected chi connectivity index (χ0v) is 38.6. The summed E-state index contributed by atoms with van der Waals surface area (Å²) in [6, 6.07) is 0. The predicted molar refractivity (Wildman–Crippen MR) is 244 cm³/mol. The van der Waals surface area contributed by atoms with Crippen molar-refractivity contribution in [2.24, 2.45) is 0 Å². The van der Waals surface area contributed by atoms with Crippen molar-refractivity contribution >= 4 is 13.8 Å². The standard InChI is InChI=1S/C48H85O12P/c1-3-5-7-9-11-13-15-17-19-20-21-22-23-24-26-28-30-32-34-36-38-57-39-41(40-58-61(55,56)60-48-46(53)44(51)43(50)45(52)47(48)54)59-42(49)37-35-33-31-29-27-25-18-16-14-12-10-8-6-4-2/h5,7,11,13,17,19,21-22,24,26,41,43-48,50-54H,3-4,6,8-10,12,14-16,18,20,23,25,27-40H2,1-2H3,(H,55,56)/b7-5-,13-11-,19-17-,22-21-,26-24-. The smallest absolute Gasteiger partial charge is 0.457 e. The number of hydrogen-bond donors (Lipinski definition) is 6. The van der Waals surface area contributed by atoms with Crippen molar-refractivity contribution in [2.45, 2.75) is 217 Å². The van der Waals surface area contributed by atoms with Crippen LogP contribution in [0.15, 0.2) is 60.8 Å². The number of phosphoric ester groups is 1. The first-order valence-corrected chi connectivity index (χ1v) is 25.1. The van der Waals surface area contributed by atoms with Gasteiger partial charge in [0.15, 0.2) is 0 Å². The van der Waals surface area contributed by atoms with Crippen molar-refractivity contribution in [1.82, 2.24) is 0 Å². The Labute approximate surface area is 368 Å². The Bertz CT molecular complexity index is 1240. The summed E-state index contributed by atoms with van der Waals surface area (Å²) in [4.78, 5) is 23.2. The molecule has 6 unspecified atom stereocenters. The van der Waals surface area contributed by atoms with Crippen molar-refractivity contribution in [1.29, 1.82) is 0 Å². The lowest BCUT2D eigenvalue weighted by Gasteiger charge is -2.41. The Hall–Kier alpha value is -1.96. The zero-order valence-electron chi connectivity index (χ0n) is 37.7. The summed E-state index contributed by atoms with van der Waals surface area (Å²) in [5.41, 5.74) is 0. The Balaban J connectivity index is 2.40. The summed E-state index contributed by atoms with van der Waals surface area (Å²) in [6.45, 7) is 4.09. The predicted octanol–water partition coefficient (Wildman–Crippen LogP) is 9.81. The van der Waals surface area contributed by atoms with Gasteiger partial charge in [-0.2, -0.15) is 0 Å². The second-order valence-electron chi connectivity index (χ2n) is 16.2. The van der Waals surface area contributed by atoms with Crippen LogP contribution in [0.25, 0.3) is 0 Å². The van der Waals surface area contributed by atoms with E-state index in [1.807, 2.05) is 0 Å². The van der Waals surface area contributed by atoms with Crippen LogP contribution in [0, 0.1) is 0 Å². The van der Waals surface area contributed by atoms with Crippen LogP contribution in [-0.2, 0) is 27.9 Å². The van der Waals surface area contributed by atoms with Gasteiger partial charge in [0.05, 0.1) is 13.2 Å².